The maximum atomic E-state index is 11.4. The molecule has 0 aromatic carbocycles. The summed E-state index contributed by atoms with van der Waals surface area (Å²) in [6.45, 7) is 4.99. The largest absolute Gasteiger partial charge is 0.245 e. The molecule has 0 aromatic heterocycles. The second-order valence-electron chi connectivity index (χ2n) is 3.31. The average Bonchev–Trinajstić information content (AvgIpc) is 1.83. The molecule has 0 saturated carbocycles. The van der Waals surface area contributed by atoms with E-state index in [0.717, 1.165) is 4.41 Å². The lowest BCUT2D eigenvalue weighted by Crippen LogP contribution is -2.46. The minimum Gasteiger partial charge on any atom is -0.245 e. The molecule has 0 aliphatic heterocycles. The Bertz CT molecular complexity index is 215. The number of sulfonamides is 1. The molecule has 0 rings (SSSR count). The van der Waals surface area contributed by atoms with E-state index in [1.54, 1.807) is 27.8 Å². The summed E-state index contributed by atoms with van der Waals surface area (Å²) in [5.74, 6) is 0. The van der Waals surface area contributed by atoms with Crippen LogP contribution in [0.3, 0.4) is 0 Å². The summed E-state index contributed by atoms with van der Waals surface area (Å²) in [5.41, 5.74) is 2.56. The van der Waals surface area contributed by atoms with Gasteiger partial charge in [0.2, 0.25) is 10.0 Å². The van der Waals surface area contributed by atoms with Gasteiger partial charge in [0.25, 0.3) is 0 Å². The van der Waals surface area contributed by atoms with Crippen molar-refractivity contribution in [2.45, 2.75) is 25.5 Å². The van der Waals surface area contributed by atoms with E-state index in [4.69, 9.17) is 0 Å². The van der Waals surface area contributed by atoms with Gasteiger partial charge < -0.3 is 0 Å². The highest BCUT2D eigenvalue weighted by Crippen LogP contribution is 2.16. The van der Waals surface area contributed by atoms with Crippen molar-refractivity contribution < 1.29 is 8.42 Å². The Labute approximate surface area is 68.6 Å². The van der Waals surface area contributed by atoms with Gasteiger partial charge in [-0.25, -0.2) is 13.8 Å². The summed E-state index contributed by atoms with van der Waals surface area (Å²) in [6.07, 6.45) is 0. The Balaban J connectivity index is 4.77. The van der Waals surface area contributed by atoms with Crippen LogP contribution < -0.4 is 5.43 Å². The van der Waals surface area contributed by atoms with Crippen LogP contribution in [0, 0.1) is 0 Å². The van der Waals surface area contributed by atoms with Crippen molar-refractivity contribution in [3.05, 3.63) is 0 Å². The summed E-state index contributed by atoms with van der Waals surface area (Å²) in [7, 11) is -0.145. The molecule has 4 nitrogen and oxygen atoms in total. The third kappa shape index (κ3) is 2.15. The second-order valence-corrected chi connectivity index (χ2v) is 6.03. The highest BCUT2D eigenvalue weighted by molar-refractivity contribution is 7.90. The van der Waals surface area contributed by atoms with E-state index in [-0.39, 0.29) is 0 Å². The molecule has 11 heavy (non-hydrogen) atoms. The summed E-state index contributed by atoms with van der Waals surface area (Å²) >= 11 is 0. The van der Waals surface area contributed by atoms with E-state index >= 15 is 0 Å². The summed E-state index contributed by atoms with van der Waals surface area (Å²) < 4.78 is 23.3. The van der Waals surface area contributed by atoms with Crippen LogP contribution in [-0.4, -0.2) is 31.7 Å². The first-order chi connectivity index (χ1) is 4.73. The Kier molecular flexibility index (Phi) is 3.05. The van der Waals surface area contributed by atoms with Gasteiger partial charge in [0.05, 0.1) is 4.75 Å². The van der Waals surface area contributed by atoms with E-state index in [2.05, 4.69) is 5.43 Å². The van der Waals surface area contributed by atoms with Crippen LogP contribution in [0.1, 0.15) is 20.8 Å². The van der Waals surface area contributed by atoms with Crippen molar-refractivity contribution in [1.29, 1.82) is 0 Å². The van der Waals surface area contributed by atoms with Gasteiger partial charge in [-0.05, 0) is 27.8 Å². The van der Waals surface area contributed by atoms with Crippen molar-refractivity contribution in [2.24, 2.45) is 0 Å². The van der Waals surface area contributed by atoms with Gasteiger partial charge in [0.1, 0.15) is 0 Å². The molecule has 0 spiro atoms. The van der Waals surface area contributed by atoms with Crippen LogP contribution in [0.2, 0.25) is 0 Å². The molecule has 0 aromatic rings. The maximum absolute atomic E-state index is 11.4. The van der Waals surface area contributed by atoms with Crippen LogP contribution >= 0.6 is 0 Å². The fourth-order valence-electron chi connectivity index (χ4n) is 0.531. The molecular weight excluding hydrogens is 164 g/mol. The highest BCUT2D eigenvalue weighted by atomic mass is 32.2. The predicted octanol–water partition coefficient (Wildman–Crippen LogP) is 0.181. The Hall–Kier alpha value is -0.130. The maximum Gasteiger partial charge on any atom is 0.231 e. The number of nitrogens with zero attached hydrogens (tertiary/aromatic N) is 1. The van der Waals surface area contributed by atoms with Crippen LogP contribution in [0.25, 0.3) is 0 Å². The van der Waals surface area contributed by atoms with Crippen molar-refractivity contribution in [3.8, 4) is 0 Å². The molecule has 0 amide bonds. The average molecular weight is 180 g/mol. The molecule has 0 fully saturated rings. The Morgan fingerprint density at radius 2 is 1.64 bits per heavy atom. The molecule has 0 heterocycles. The van der Waals surface area contributed by atoms with Crippen LogP contribution in [-0.2, 0) is 10.0 Å². The quantitative estimate of drug-likeness (QED) is 0.617. The molecule has 0 saturated heterocycles. The molecule has 1 N–H and O–H groups in total. The molecule has 0 aliphatic rings. The first-order valence-electron chi connectivity index (χ1n) is 3.39. The molecule has 0 bridgehead atoms. The number of rotatable bonds is 2. The molecule has 0 unspecified atom stereocenters. The summed E-state index contributed by atoms with van der Waals surface area (Å²) in [4.78, 5) is 0. The zero-order chi connectivity index (χ0) is 9.28. The van der Waals surface area contributed by atoms with Crippen LogP contribution in [0.5, 0.6) is 0 Å². The third-order valence-corrected chi connectivity index (χ3v) is 3.90. The molecular formula is C6H16N2O2S. The van der Waals surface area contributed by atoms with Gasteiger partial charge >= 0.3 is 0 Å². The van der Waals surface area contributed by atoms with E-state index in [1.165, 1.54) is 7.05 Å². The van der Waals surface area contributed by atoms with Crippen LogP contribution in [0.4, 0.5) is 0 Å². The van der Waals surface area contributed by atoms with Crippen molar-refractivity contribution in [1.82, 2.24) is 9.84 Å². The SMILES string of the molecule is CNN(C)S(=O)(=O)C(C)(C)C. The zero-order valence-corrected chi connectivity index (χ0v) is 8.49. The lowest BCUT2D eigenvalue weighted by molar-refractivity contribution is 0.386. The standard InChI is InChI=1S/C6H16N2O2S/c1-6(2,3)11(9,10)8(5)7-4/h7H,1-5H3. The van der Waals surface area contributed by atoms with Gasteiger partial charge in [0, 0.05) is 7.05 Å². The van der Waals surface area contributed by atoms with Gasteiger partial charge in [-0.1, -0.05) is 0 Å². The van der Waals surface area contributed by atoms with Crippen molar-refractivity contribution in [3.63, 3.8) is 0 Å². The first kappa shape index (κ1) is 10.9. The minimum atomic E-state index is -3.20. The fourth-order valence-corrected chi connectivity index (χ4v) is 1.59. The number of hydrogen-bond donors (Lipinski definition) is 1. The van der Waals surface area contributed by atoms with E-state index in [0.29, 0.717) is 0 Å². The van der Waals surface area contributed by atoms with E-state index < -0.39 is 14.8 Å². The Morgan fingerprint density at radius 3 is 1.73 bits per heavy atom. The Morgan fingerprint density at radius 1 is 1.27 bits per heavy atom. The first-order valence-corrected chi connectivity index (χ1v) is 4.83. The topological polar surface area (TPSA) is 49.4 Å². The number of hydrogen-bond acceptors (Lipinski definition) is 3. The van der Waals surface area contributed by atoms with E-state index in [9.17, 15) is 8.42 Å². The van der Waals surface area contributed by atoms with E-state index in [1.807, 2.05) is 0 Å². The highest BCUT2D eigenvalue weighted by Gasteiger charge is 2.32. The number of nitrogens with one attached hydrogen (secondary N) is 1. The fraction of sp³-hybridized carbons (Fsp3) is 1.00. The third-order valence-electron chi connectivity index (χ3n) is 1.45. The number of hydrazine groups is 1. The molecule has 0 atom stereocenters. The normalized spacial score (nSPS) is 14.0. The van der Waals surface area contributed by atoms with Crippen molar-refractivity contribution >= 4 is 10.0 Å². The minimum absolute atomic E-state index is 0.745. The molecule has 68 valence electrons. The molecule has 5 heteroatoms. The molecule has 0 radical (unpaired) electrons. The predicted molar refractivity (Wildman–Crippen MR) is 45.5 cm³/mol. The molecule has 0 aliphatic carbocycles. The lowest BCUT2D eigenvalue weighted by atomic mass is 10.3. The van der Waals surface area contributed by atoms with Gasteiger partial charge in [-0.3, -0.25) is 0 Å². The monoisotopic (exact) mass is 180 g/mol. The lowest BCUT2D eigenvalue weighted by Gasteiger charge is -2.25. The van der Waals surface area contributed by atoms with Gasteiger partial charge in [-0.15, -0.1) is 4.41 Å². The summed E-state index contributed by atoms with van der Waals surface area (Å²) in [6, 6.07) is 0. The second kappa shape index (κ2) is 3.08. The zero-order valence-electron chi connectivity index (χ0n) is 7.67. The van der Waals surface area contributed by atoms with Crippen molar-refractivity contribution in [2.75, 3.05) is 14.1 Å². The van der Waals surface area contributed by atoms with Gasteiger partial charge in [-0.2, -0.15) is 0 Å². The summed E-state index contributed by atoms with van der Waals surface area (Å²) in [5, 5.41) is 0. The van der Waals surface area contributed by atoms with Gasteiger partial charge in [0.15, 0.2) is 0 Å². The van der Waals surface area contributed by atoms with Crippen LogP contribution in [0.15, 0.2) is 0 Å². The smallest absolute Gasteiger partial charge is 0.231 e.